The van der Waals surface area contributed by atoms with Crippen LogP contribution in [0, 0.1) is 24.7 Å². The molecule has 0 spiro atoms. The molecule has 1 fully saturated rings. The molecule has 2 rings (SSSR count). The molecule has 0 radical (unpaired) electrons. The molecule has 1 saturated carbocycles. The zero-order valence-corrected chi connectivity index (χ0v) is 13.0. The number of rotatable bonds is 2. The van der Waals surface area contributed by atoms with Gasteiger partial charge in [-0.05, 0) is 55.7 Å². The zero-order valence-electron chi connectivity index (χ0n) is 11.4. The second-order valence-corrected chi connectivity index (χ2v) is 6.85. The van der Waals surface area contributed by atoms with E-state index in [-0.39, 0.29) is 5.92 Å². The first-order valence-corrected chi connectivity index (χ1v) is 7.57. The van der Waals surface area contributed by atoms with Crippen LogP contribution in [0.1, 0.15) is 49.0 Å². The van der Waals surface area contributed by atoms with Crippen molar-refractivity contribution in [1.29, 1.82) is 0 Å². The van der Waals surface area contributed by atoms with Crippen LogP contribution in [0.15, 0.2) is 22.7 Å². The quantitative estimate of drug-likeness (QED) is 0.702. The van der Waals surface area contributed by atoms with Crippen molar-refractivity contribution in [1.82, 2.24) is 0 Å². The molecule has 1 aromatic carbocycles. The lowest BCUT2D eigenvalue weighted by molar-refractivity contribution is 0.0835. The molecule has 1 aromatic rings. The number of hydrogen-bond donors (Lipinski definition) is 0. The fourth-order valence-electron chi connectivity index (χ4n) is 3.28. The molecule has 0 N–H and O–H groups in total. The standard InChI is InChI=1S/C16H21BrO/c1-10-6-11(2)8-13(7-10)16(18)15-5-4-14(17)9-12(15)3/h4-5,9-11,13H,6-8H2,1-3H3. The van der Waals surface area contributed by atoms with E-state index in [1.165, 1.54) is 6.42 Å². The van der Waals surface area contributed by atoms with E-state index in [9.17, 15) is 4.79 Å². The van der Waals surface area contributed by atoms with Gasteiger partial charge in [-0.3, -0.25) is 4.79 Å². The lowest BCUT2D eigenvalue weighted by Gasteiger charge is -2.30. The minimum absolute atomic E-state index is 0.226. The normalized spacial score (nSPS) is 28.1. The number of carbonyl (C=O) groups is 1. The lowest BCUT2D eigenvalue weighted by Crippen LogP contribution is -2.26. The van der Waals surface area contributed by atoms with Crippen LogP contribution in [0.3, 0.4) is 0 Å². The van der Waals surface area contributed by atoms with Gasteiger partial charge in [0, 0.05) is 16.0 Å². The molecular weight excluding hydrogens is 288 g/mol. The highest BCUT2D eigenvalue weighted by Crippen LogP contribution is 2.35. The summed E-state index contributed by atoms with van der Waals surface area (Å²) in [5.41, 5.74) is 1.99. The van der Waals surface area contributed by atoms with Crippen LogP contribution in [0.5, 0.6) is 0 Å². The Balaban J connectivity index is 2.20. The van der Waals surface area contributed by atoms with E-state index >= 15 is 0 Å². The molecule has 0 saturated heterocycles. The number of aryl methyl sites for hydroxylation is 1. The highest BCUT2D eigenvalue weighted by atomic mass is 79.9. The first-order valence-electron chi connectivity index (χ1n) is 6.77. The van der Waals surface area contributed by atoms with Crippen molar-refractivity contribution in [3.05, 3.63) is 33.8 Å². The van der Waals surface area contributed by atoms with Gasteiger partial charge in [0.15, 0.2) is 5.78 Å². The second kappa shape index (κ2) is 5.56. The van der Waals surface area contributed by atoms with Crippen molar-refractivity contribution >= 4 is 21.7 Å². The Morgan fingerprint density at radius 2 is 1.78 bits per heavy atom. The van der Waals surface area contributed by atoms with E-state index in [0.717, 1.165) is 28.4 Å². The van der Waals surface area contributed by atoms with Crippen molar-refractivity contribution in [3.8, 4) is 0 Å². The molecule has 1 aliphatic rings. The second-order valence-electron chi connectivity index (χ2n) is 5.94. The van der Waals surface area contributed by atoms with Gasteiger partial charge in [-0.25, -0.2) is 0 Å². The van der Waals surface area contributed by atoms with Gasteiger partial charge in [0.1, 0.15) is 0 Å². The third-order valence-corrected chi connectivity index (χ3v) is 4.50. The van der Waals surface area contributed by atoms with Crippen LogP contribution in [0.2, 0.25) is 0 Å². The molecular formula is C16H21BrO. The fourth-order valence-corrected chi connectivity index (χ4v) is 3.76. The average Bonchev–Trinajstić information content (AvgIpc) is 2.26. The van der Waals surface area contributed by atoms with Crippen LogP contribution in [0.4, 0.5) is 0 Å². The molecule has 2 heteroatoms. The van der Waals surface area contributed by atoms with Crippen LogP contribution >= 0.6 is 15.9 Å². The molecule has 0 aromatic heterocycles. The van der Waals surface area contributed by atoms with Gasteiger partial charge in [0.2, 0.25) is 0 Å². The maximum Gasteiger partial charge on any atom is 0.166 e. The van der Waals surface area contributed by atoms with Gasteiger partial charge in [-0.1, -0.05) is 35.8 Å². The van der Waals surface area contributed by atoms with Crippen LogP contribution in [0.25, 0.3) is 0 Å². The van der Waals surface area contributed by atoms with Crippen molar-refractivity contribution in [2.75, 3.05) is 0 Å². The first-order chi connectivity index (χ1) is 8.47. The summed E-state index contributed by atoms with van der Waals surface area (Å²) in [4.78, 5) is 12.6. The molecule has 0 aliphatic heterocycles. The summed E-state index contributed by atoms with van der Waals surface area (Å²) < 4.78 is 1.04. The molecule has 0 amide bonds. The minimum Gasteiger partial charge on any atom is -0.294 e. The molecule has 1 nitrogen and oxygen atoms in total. The summed E-state index contributed by atoms with van der Waals surface area (Å²) in [7, 11) is 0. The number of ketones is 1. The number of hydrogen-bond acceptors (Lipinski definition) is 1. The van der Waals surface area contributed by atoms with Gasteiger partial charge >= 0.3 is 0 Å². The summed E-state index contributed by atoms with van der Waals surface area (Å²) >= 11 is 3.45. The van der Waals surface area contributed by atoms with E-state index < -0.39 is 0 Å². The van der Waals surface area contributed by atoms with E-state index in [2.05, 4.69) is 29.8 Å². The lowest BCUT2D eigenvalue weighted by atomic mass is 9.73. The topological polar surface area (TPSA) is 17.1 Å². The van der Waals surface area contributed by atoms with Crippen molar-refractivity contribution in [3.63, 3.8) is 0 Å². The van der Waals surface area contributed by atoms with Gasteiger partial charge in [-0.2, -0.15) is 0 Å². The predicted octanol–water partition coefficient (Wildman–Crippen LogP) is 5.01. The summed E-state index contributed by atoms with van der Waals surface area (Å²) in [6, 6.07) is 5.96. The summed E-state index contributed by atoms with van der Waals surface area (Å²) in [5.74, 6) is 1.93. The molecule has 0 heterocycles. The third-order valence-electron chi connectivity index (χ3n) is 4.00. The van der Waals surface area contributed by atoms with Crippen molar-refractivity contribution < 1.29 is 4.79 Å². The molecule has 2 unspecified atom stereocenters. The molecule has 18 heavy (non-hydrogen) atoms. The molecule has 98 valence electrons. The monoisotopic (exact) mass is 308 g/mol. The molecule has 1 aliphatic carbocycles. The van der Waals surface area contributed by atoms with Crippen LogP contribution < -0.4 is 0 Å². The average molecular weight is 309 g/mol. The first kappa shape index (κ1) is 13.8. The summed E-state index contributed by atoms with van der Waals surface area (Å²) in [6.07, 6.45) is 3.38. The van der Waals surface area contributed by atoms with E-state index in [1.807, 2.05) is 25.1 Å². The number of carbonyl (C=O) groups excluding carboxylic acids is 1. The number of Topliss-reactive ketones (excluding diaryl/α,β-unsaturated/α-hetero) is 1. The van der Waals surface area contributed by atoms with Crippen molar-refractivity contribution in [2.24, 2.45) is 17.8 Å². The van der Waals surface area contributed by atoms with Crippen LogP contribution in [-0.4, -0.2) is 5.78 Å². The zero-order chi connectivity index (χ0) is 13.3. The molecule has 2 atom stereocenters. The Hall–Kier alpha value is -0.630. The Bertz CT molecular complexity index is 442. The van der Waals surface area contributed by atoms with Gasteiger partial charge in [-0.15, -0.1) is 0 Å². The number of benzene rings is 1. The highest BCUT2D eigenvalue weighted by molar-refractivity contribution is 9.10. The Morgan fingerprint density at radius 3 is 2.33 bits per heavy atom. The van der Waals surface area contributed by atoms with Gasteiger partial charge < -0.3 is 0 Å². The fraction of sp³-hybridized carbons (Fsp3) is 0.562. The number of halogens is 1. The maximum absolute atomic E-state index is 12.6. The smallest absolute Gasteiger partial charge is 0.166 e. The Labute approximate surface area is 118 Å². The Kier molecular flexibility index (Phi) is 4.26. The van der Waals surface area contributed by atoms with Gasteiger partial charge in [0.25, 0.3) is 0 Å². The van der Waals surface area contributed by atoms with Crippen LogP contribution in [-0.2, 0) is 0 Å². The summed E-state index contributed by atoms with van der Waals surface area (Å²) in [5, 5.41) is 0. The van der Waals surface area contributed by atoms with E-state index in [0.29, 0.717) is 17.6 Å². The largest absolute Gasteiger partial charge is 0.294 e. The SMILES string of the molecule is Cc1cc(Br)ccc1C(=O)C1CC(C)CC(C)C1. The van der Waals surface area contributed by atoms with E-state index in [1.54, 1.807) is 0 Å². The predicted molar refractivity (Wildman–Crippen MR) is 78.9 cm³/mol. The third kappa shape index (κ3) is 3.03. The van der Waals surface area contributed by atoms with E-state index in [4.69, 9.17) is 0 Å². The van der Waals surface area contributed by atoms with Gasteiger partial charge in [0.05, 0.1) is 0 Å². The maximum atomic E-state index is 12.6. The highest BCUT2D eigenvalue weighted by Gasteiger charge is 2.29. The van der Waals surface area contributed by atoms with Crippen molar-refractivity contribution in [2.45, 2.75) is 40.0 Å². The Morgan fingerprint density at radius 1 is 1.17 bits per heavy atom. The summed E-state index contributed by atoms with van der Waals surface area (Å²) in [6.45, 7) is 6.56. The minimum atomic E-state index is 0.226. The molecule has 0 bridgehead atoms.